The molecule has 1 heterocycles. The molecule has 0 unspecified atom stereocenters. The highest BCUT2D eigenvalue weighted by Crippen LogP contribution is 2.23. The Morgan fingerprint density at radius 1 is 1.43 bits per heavy atom. The highest BCUT2D eigenvalue weighted by Gasteiger charge is 2.16. The van der Waals surface area contributed by atoms with Gasteiger partial charge in [0.2, 0.25) is 0 Å². The fourth-order valence-electron chi connectivity index (χ4n) is 2.07. The van der Waals surface area contributed by atoms with Crippen LogP contribution in [0.3, 0.4) is 0 Å². The Hall–Kier alpha value is -1.02. The first-order valence-electron chi connectivity index (χ1n) is 5.23. The molecule has 2 nitrogen and oxygen atoms in total. The maximum absolute atomic E-state index is 5.34. The Morgan fingerprint density at radius 2 is 2.29 bits per heavy atom. The molecule has 0 amide bonds. The maximum Gasteiger partial charge on any atom is 0.122 e. The molecular formula is C12H17NO. The van der Waals surface area contributed by atoms with Crippen LogP contribution in [0.25, 0.3) is 0 Å². The van der Waals surface area contributed by atoms with Crippen molar-refractivity contribution in [1.29, 1.82) is 0 Å². The summed E-state index contributed by atoms with van der Waals surface area (Å²) in [6.45, 7) is 2.32. The summed E-state index contributed by atoms with van der Waals surface area (Å²) in [5.41, 5.74) is 1.34. The van der Waals surface area contributed by atoms with Crippen LogP contribution in [-0.2, 0) is 6.42 Å². The number of hydrogen-bond acceptors (Lipinski definition) is 2. The van der Waals surface area contributed by atoms with Crippen LogP contribution in [0.4, 0.5) is 0 Å². The molecular weight excluding hydrogens is 174 g/mol. The van der Waals surface area contributed by atoms with Gasteiger partial charge >= 0.3 is 0 Å². The minimum absolute atomic E-state index is 0.784. The Kier molecular flexibility index (Phi) is 3.04. The molecule has 2 rings (SSSR count). The van der Waals surface area contributed by atoms with E-state index in [-0.39, 0.29) is 0 Å². The van der Waals surface area contributed by atoms with E-state index in [2.05, 4.69) is 17.4 Å². The minimum atomic E-state index is 0.784. The van der Waals surface area contributed by atoms with Crippen molar-refractivity contribution in [3.8, 4) is 5.75 Å². The van der Waals surface area contributed by atoms with Crippen molar-refractivity contribution in [3.63, 3.8) is 0 Å². The van der Waals surface area contributed by atoms with Gasteiger partial charge in [0.25, 0.3) is 0 Å². The SMILES string of the molecule is COc1ccccc1C[C@@H]1CCNC1. The summed E-state index contributed by atoms with van der Waals surface area (Å²) in [6.07, 6.45) is 2.43. The first-order valence-corrected chi connectivity index (χ1v) is 5.23. The van der Waals surface area contributed by atoms with E-state index in [9.17, 15) is 0 Å². The lowest BCUT2D eigenvalue weighted by Gasteiger charge is -2.11. The summed E-state index contributed by atoms with van der Waals surface area (Å²) in [4.78, 5) is 0. The second-order valence-corrected chi connectivity index (χ2v) is 3.87. The molecule has 1 fully saturated rings. The molecule has 1 aliphatic heterocycles. The van der Waals surface area contributed by atoms with Gasteiger partial charge in [-0.1, -0.05) is 18.2 Å². The summed E-state index contributed by atoms with van der Waals surface area (Å²) >= 11 is 0. The molecule has 1 aromatic carbocycles. The van der Waals surface area contributed by atoms with Gasteiger partial charge in [0, 0.05) is 0 Å². The highest BCUT2D eigenvalue weighted by molar-refractivity contribution is 5.33. The lowest BCUT2D eigenvalue weighted by Crippen LogP contribution is -2.11. The lowest BCUT2D eigenvalue weighted by molar-refractivity contribution is 0.405. The van der Waals surface area contributed by atoms with Crippen LogP contribution < -0.4 is 10.1 Å². The van der Waals surface area contributed by atoms with Crippen molar-refractivity contribution in [3.05, 3.63) is 29.8 Å². The fourth-order valence-corrected chi connectivity index (χ4v) is 2.07. The predicted octanol–water partition coefficient (Wildman–Crippen LogP) is 1.85. The van der Waals surface area contributed by atoms with Gasteiger partial charge in [-0.15, -0.1) is 0 Å². The van der Waals surface area contributed by atoms with Crippen molar-refractivity contribution in [2.45, 2.75) is 12.8 Å². The molecule has 2 heteroatoms. The standard InChI is InChI=1S/C12H17NO/c1-14-12-5-3-2-4-11(12)8-10-6-7-13-9-10/h2-5,10,13H,6-9H2,1H3/t10-/m0/s1. The topological polar surface area (TPSA) is 21.3 Å². The summed E-state index contributed by atoms with van der Waals surface area (Å²) < 4.78 is 5.34. The van der Waals surface area contributed by atoms with E-state index >= 15 is 0 Å². The van der Waals surface area contributed by atoms with Gasteiger partial charge in [0.1, 0.15) is 5.75 Å². The lowest BCUT2D eigenvalue weighted by atomic mass is 9.98. The molecule has 0 saturated carbocycles. The van der Waals surface area contributed by atoms with Crippen molar-refractivity contribution in [2.24, 2.45) is 5.92 Å². The van der Waals surface area contributed by atoms with E-state index in [4.69, 9.17) is 4.74 Å². The molecule has 0 bridgehead atoms. The third-order valence-corrected chi connectivity index (χ3v) is 2.86. The van der Waals surface area contributed by atoms with Gasteiger partial charge in [0.05, 0.1) is 7.11 Å². The zero-order chi connectivity index (χ0) is 9.80. The third-order valence-electron chi connectivity index (χ3n) is 2.86. The average molecular weight is 191 g/mol. The molecule has 0 aromatic heterocycles. The van der Waals surface area contributed by atoms with Crippen LogP contribution in [-0.4, -0.2) is 20.2 Å². The summed E-state index contributed by atoms with van der Waals surface area (Å²) in [7, 11) is 1.74. The third kappa shape index (κ3) is 2.07. The molecule has 1 N–H and O–H groups in total. The first-order chi connectivity index (χ1) is 6.90. The molecule has 1 aromatic rings. The van der Waals surface area contributed by atoms with Gasteiger partial charge in [0.15, 0.2) is 0 Å². The number of para-hydroxylation sites is 1. The number of rotatable bonds is 3. The largest absolute Gasteiger partial charge is 0.496 e. The van der Waals surface area contributed by atoms with Crippen molar-refractivity contribution >= 4 is 0 Å². The number of nitrogens with one attached hydrogen (secondary N) is 1. The molecule has 0 aliphatic carbocycles. The van der Waals surface area contributed by atoms with Gasteiger partial charge in [-0.25, -0.2) is 0 Å². The fraction of sp³-hybridized carbons (Fsp3) is 0.500. The van der Waals surface area contributed by atoms with Gasteiger partial charge in [-0.2, -0.15) is 0 Å². The smallest absolute Gasteiger partial charge is 0.122 e. The van der Waals surface area contributed by atoms with Crippen molar-refractivity contribution in [2.75, 3.05) is 20.2 Å². The molecule has 0 radical (unpaired) electrons. The number of methoxy groups -OCH3 is 1. The Labute approximate surface area is 85.3 Å². The monoisotopic (exact) mass is 191 g/mol. The van der Waals surface area contributed by atoms with E-state index in [0.717, 1.165) is 24.6 Å². The Bertz CT molecular complexity index is 292. The first kappa shape index (κ1) is 9.53. The van der Waals surface area contributed by atoms with Crippen molar-refractivity contribution in [1.82, 2.24) is 5.32 Å². The maximum atomic E-state index is 5.34. The van der Waals surface area contributed by atoms with Crippen LogP contribution in [0.2, 0.25) is 0 Å². The van der Waals surface area contributed by atoms with E-state index in [1.165, 1.54) is 18.5 Å². The number of benzene rings is 1. The minimum Gasteiger partial charge on any atom is -0.496 e. The zero-order valence-corrected chi connectivity index (χ0v) is 8.62. The van der Waals surface area contributed by atoms with Crippen LogP contribution >= 0.6 is 0 Å². The van der Waals surface area contributed by atoms with Crippen LogP contribution in [0, 0.1) is 5.92 Å². The van der Waals surface area contributed by atoms with Crippen LogP contribution in [0.15, 0.2) is 24.3 Å². The molecule has 1 saturated heterocycles. The quantitative estimate of drug-likeness (QED) is 0.787. The van der Waals surface area contributed by atoms with E-state index < -0.39 is 0 Å². The van der Waals surface area contributed by atoms with E-state index in [1.807, 2.05) is 12.1 Å². The normalized spacial score (nSPS) is 21.1. The average Bonchev–Trinajstić information content (AvgIpc) is 2.71. The molecule has 1 atom stereocenters. The van der Waals surface area contributed by atoms with Gasteiger partial charge in [-0.3, -0.25) is 0 Å². The van der Waals surface area contributed by atoms with E-state index in [1.54, 1.807) is 7.11 Å². The van der Waals surface area contributed by atoms with Crippen LogP contribution in [0.5, 0.6) is 5.75 Å². The summed E-state index contributed by atoms with van der Waals surface area (Å²) in [6, 6.07) is 8.31. The van der Waals surface area contributed by atoms with Gasteiger partial charge < -0.3 is 10.1 Å². The van der Waals surface area contributed by atoms with Crippen molar-refractivity contribution < 1.29 is 4.74 Å². The highest BCUT2D eigenvalue weighted by atomic mass is 16.5. The predicted molar refractivity (Wildman–Crippen MR) is 57.7 cm³/mol. The Morgan fingerprint density at radius 3 is 3.00 bits per heavy atom. The summed E-state index contributed by atoms with van der Waals surface area (Å²) in [5.74, 6) is 1.81. The number of hydrogen-bond donors (Lipinski definition) is 1. The number of ether oxygens (including phenoxy) is 1. The Balaban J connectivity index is 2.07. The molecule has 1 aliphatic rings. The second-order valence-electron chi connectivity index (χ2n) is 3.87. The van der Waals surface area contributed by atoms with E-state index in [0.29, 0.717) is 0 Å². The summed E-state index contributed by atoms with van der Waals surface area (Å²) in [5, 5.41) is 3.39. The van der Waals surface area contributed by atoms with Crippen LogP contribution in [0.1, 0.15) is 12.0 Å². The molecule has 14 heavy (non-hydrogen) atoms. The molecule has 76 valence electrons. The zero-order valence-electron chi connectivity index (χ0n) is 8.62. The molecule has 0 spiro atoms. The van der Waals surface area contributed by atoms with Gasteiger partial charge in [-0.05, 0) is 43.5 Å². The second kappa shape index (κ2) is 4.47.